The van der Waals surface area contributed by atoms with Crippen molar-refractivity contribution in [3.63, 3.8) is 0 Å². The first kappa shape index (κ1) is 13.0. The van der Waals surface area contributed by atoms with Crippen molar-refractivity contribution >= 4 is 5.57 Å². The van der Waals surface area contributed by atoms with Crippen molar-refractivity contribution in [1.29, 1.82) is 0 Å². The van der Waals surface area contributed by atoms with Crippen LogP contribution in [0, 0.1) is 0 Å². The van der Waals surface area contributed by atoms with Crippen molar-refractivity contribution in [2.45, 2.75) is 45.6 Å². The first-order valence-electron chi connectivity index (χ1n) is 6.16. The minimum Gasteiger partial charge on any atom is -0.392 e. The average Bonchev–Trinajstić information content (AvgIpc) is 2.34. The van der Waals surface area contributed by atoms with E-state index in [1.165, 1.54) is 36.8 Å². The van der Waals surface area contributed by atoms with E-state index in [4.69, 9.17) is 5.11 Å². The third kappa shape index (κ3) is 4.19. The lowest BCUT2D eigenvalue weighted by Gasteiger charge is -2.06. The lowest BCUT2D eigenvalue weighted by atomic mass is 10.00. The summed E-state index contributed by atoms with van der Waals surface area (Å²) in [5.74, 6) is 0. The molecule has 0 aliphatic heterocycles. The molecule has 1 rings (SSSR count). The van der Waals surface area contributed by atoms with Gasteiger partial charge in [-0.2, -0.15) is 0 Å². The highest BCUT2D eigenvalue weighted by molar-refractivity contribution is 5.63. The van der Waals surface area contributed by atoms with Gasteiger partial charge in [0, 0.05) is 0 Å². The van der Waals surface area contributed by atoms with Crippen molar-refractivity contribution in [2.75, 3.05) is 0 Å². The highest BCUT2D eigenvalue weighted by Gasteiger charge is 1.99. The monoisotopic (exact) mass is 218 g/mol. The summed E-state index contributed by atoms with van der Waals surface area (Å²) in [5.41, 5.74) is 3.37. The number of allylic oxidation sites excluding steroid dienone is 1. The van der Waals surface area contributed by atoms with Crippen LogP contribution in [0.1, 0.15) is 50.2 Å². The fraction of sp³-hybridized carbons (Fsp3) is 0.467. The average molecular weight is 218 g/mol. The first-order chi connectivity index (χ1) is 7.77. The summed E-state index contributed by atoms with van der Waals surface area (Å²) in [7, 11) is 0. The molecule has 1 N–H and O–H groups in total. The molecular weight excluding hydrogens is 196 g/mol. The standard InChI is InChI=1S/C15H22O/c1-3-4-5-6-7-13(2)15-10-8-14(12-16)9-11-15/h8-11,16H,2-7,12H2,1H3. The maximum atomic E-state index is 8.95. The molecule has 0 aliphatic rings. The molecule has 0 amide bonds. The lowest BCUT2D eigenvalue weighted by molar-refractivity contribution is 0.282. The van der Waals surface area contributed by atoms with Gasteiger partial charge in [0.2, 0.25) is 0 Å². The highest BCUT2D eigenvalue weighted by atomic mass is 16.3. The molecule has 1 aromatic carbocycles. The number of benzene rings is 1. The van der Waals surface area contributed by atoms with Crippen molar-refractivity contribution in [3.8, 4) is 0 Å². The molecule has 0 spiro atoms. The quantitative estimate of drug-likeness (QED) is 0.681. The normalized spacial score (nSPS) is 10.4. The van der Waals surface area contributed by atoms with Gasteiger partial charge in [-0.1, -0.05) is 57.0 Å². The van der Waals surface area contributed by atoms with E-state index in [0.29, 0.717) is 0 Å². The van der Waals surface area contributed by atoms with Crippen molar-refractivity contribution in [3.05, 3.63) is 42.0 Å². The molecule has 1 heteroatoms. The van der Waals surface area contributed by atoms with E-state index >= 15 is 0 Å². The summed E-state index contributed by atoms with van der Waals surface area (Å²) >= 11 is 0. The van der Waals surface area contributed by atoms with E-state index < -0.39 is 0 Å². The first-order valence-corrected chi connectivity index (χ1v) is 6.16. The van der Waals surface area contributed by atoms with E-state index in [1.54, 1.807) is 0 Å². The third-order valence-corrected chi connectivity index (χ3v) is 2.88. The van der Waals surface area contributed by atoms with E-state index in [-0.39, 0.29) is 6.61 Å². The molecule has 0 bridgehead atoms. The Morgan fingerprint density at radius 3 is 2.38 bits per heavy atom. The van der Waals surface area contributed by atoms with Crippen LogP contribution in [-0.2, 0) is 6.61 Å². The van der Waals surface area contributed by atoms with Crippen LogP contribution in [0.3, 0.4) is 0 Å². The van der Waals surface area contributed by atoms with Crippen LogP contribution in [-0.4, -0.2) is 5.11 Å². The topological polar surface area (TPSA) is 20.2 Å². The maximum Gasteiger partial charge on any atom is 0.0681 e. The molecule has 88 valence electrons. The van der Waals surface area contributed by atoms with Crippen molar-refractivity contribution < 1.29 is 5.11 Å². The van der Waals surface area contributed by atoms with Gasteiger partial charge in [-0.25, -0.2) is 0 Å². The Morgan fingerprint density at radius 1 is 1.12 bits per heavy atom. The van der Waals surface area contributed by atoms with Gasteiger partial charge >= 0.3 is 0 Å². The molecule has 16 heavy (non-hydrogen) atoms. The number of hydrogen-bond acceptors (Lipinski definition) is 1. The zero-order valence-corrected chi connectivity index (χ0v) is 10.2. The number of aliphatic hydroxyl groups excluding tert-OH is 1. The van der Waals surface area contributed by atoms with E-state index in [0.717, 1.165) is 12.0 Å². The molecule has 0 saturated carbocycles. The van der Waals surface area contributed by atoms with Gasteiger partial charge in [0.1, 0.15) is 0 Å². The van der Waals surface area contributed by atoms with Crippen LogP contribution < -0.4 is 0 Å². The summed E-state index contributed by atoms with van der Waals surface area (Å²) in [5, 5.41) is 8.95. The van der Waals surface area contributed by atoms with Crippen molar-refractivity contribution in [1.82, 2.24) is 0 Å². The summed E-state index contributed by atoms with van der Waals surface area (Å²) in [6.45, 7) is 6.45. The molecular formula is C15H22O. The van der Waals surface area contributed by atoms with Crippen molar-refractivity contribution in [2.24, 2.45) is 0 Å². The Kier molecular flexibility index (Phi) is 5.87. The van der Waals surface area contributed by atoms with Gasteiger partial charge in [0.25, 0.3) is 0 Å². The fourth-order valence-electron chi connectivity index (χ4n) is 1.76. The van der Waals surface area contributed by atoms with Gasteiger partial charge in [-0.05, 0) is 29.5 Å². The largest absolute Gasteiger partial charge is 0.392 e. The molecule has 0 aromatic heterocycles. The van der Waals surface area contributed by atoms with E-state index in [2.05, 4.69) is 13.5 Å². The van der Waals surface area contributed by atoms with E-state index in [1.807, 2.05) is 24.3 Å². The van der Waals surface area contributed by atoms with Crippen LogP contribution in [0.5, 0.6) is 0 Å². The molecule has 0 radical (unpaired) electrons. The molecule has 0 atom stereocenters. The van der Waals surface area contributed by atoms with Gasteiger partial charge in [0.05, 0.1) is 6.61 Å². The molecule has 0 unspecified atom stereocenters. The summed E-state index contributed by atoms with van der Waals surface area (Å²) in [4.78, 5) is 0. The molecule has 0 saturated heterocycles. The summed E-state index contributed by atoms with van der Waals surface area (Å²) in [6.07, 6.45) is 6.20. The Morgan fingerprint density at radius 2 is 1.81 bits per heavy atom. The lowest BCUT2D eigenvalue weighted by Crippen LogP contribution is -1.87. The highest BCUT2D eigenvalue weighted by Crippen LogP contribution is 2.20. The zero-order chi connectivity index (χ0) is 11.8. The van der Waals surface area contributed by atoms with Gasteiger partial charge in [-0.15, -0.1) is 0 Å². The maximum absolute atomic E-state index is 8.95. The Hall–Kier alpha value is -1.08. The number of aliphatic hydroxyl groups is 1. The molecule has 1 nitrogen and oxygen atoms in total. The number of unbranched alkanes of at least 4 members (excludes halogenated alkanes) is 3. The second-order valence-corrected chi connectivity index (χ2v) is 4.27. The van der Waals surface area contributed by atoms with Crippen LogP contribution in [0.4, 0.5) is 0 Å². The smallest absolute Gasteiger partial charge is 0.0681 e. The molecule has 0 fully saturated rings. The predicted molar refractivity (Wildman–Crippen MR) is 70.2 cm³/mol. The molecule has 1 aromatic rings. The SMILES string of the molecule is C=C(CCCCCC)c1ccc(CO)cc1. The minimum absolute atomic E-state index is 0.114. The predicted octanol–water partition coefficient (Wildman–Crippen LogP) is 4.16. The number of hydrogen-bond donors (Lipinski definition) is 1. The summed E-state index contributed by atoms with van der Waals surface area (Å²) < 4.78 is 0. The van der Waals surface area contributed by atoms with Gasteiger partial charge in [0.15, 0.2) is 0 Å². The summed E-state index contributed by atoms with van der Waals surface area (Å²) in [6, 6.07) is 8.03. The Labute approximate surface area is 98.8 Å². The zero-order valence-electron chi connectivity index (χ0n) is 10.2. The molecule has 0 heterocycles. The van der Waals surface area contributed by atoms with Crippen LogP contribution >= 0.6 is 0 Å². The number of rotatable bonds is 7. The van der Waals surface area contributed by atoms with Crippen LogP contribution in [0.2, 0.25) is 0 Å². The minimum atomic E-state index is 0.114. The van der Waals surface area contributed by atoms with E-state index in [9.17, 15) is 0 Å². The Balaban J connectivity index is 2.40. The van der Waals surface area contributed by atoms with Crippen LogP contribution in [0.15, 0.2) is 30.8 Å². The molecule has 0 aliphatic carbocycles. The second-order valence-electron chi connectivity index (χ2n) is 4.27. The van der Waals surface area contributed by atoms with Gasteiger partial charge in [-0.3, -0.25) is 0 Å². The van der Waals surface area contributed by atoms with Gasteiger partial charge < -0.3 is 5.11 Å². The second kappa shape index (κ2) is 7.24. The fourth-order valence-corrected chi connectivity index (χ4v) is 1.76. The third-order valence-electron chi connectivity index (χ3n) is 2.88. The van der Waals surface area contributed by atoms with Crippen LogP contribution in [0.25, 0.3) is 5.57 Å². The Bertz CT molecular complexity index is 311.